The number of nitrogens with zero attached hydrogens (tertiary/aromatic N) is 3. The van der Waals surface area contributed by atoms with E-state index in [0.717, 1.165) is 16.7 Å². The third-order valence-electron chi connectivity index (χ3n) is 7.74. The summed E-state index contributed by atoms with van der Waals surface area (Å²) in [6.45, 7) is 4.69. The van der Waals surface area contributed by atoms with Crippen LogP contribution in [0.15, 0.2) is 70.3 Å². The molecule has 0 saturated heterocycles. The lowest BCUT2D eigenvalue weighted by molar-refractivity contribution is 0.159. The maximum Gasteiger partial charge on any atom is 0.337 e. The number of nitrogens with one attached hydrogen (secondary N) is 2. The molecule has 10 nitrogen and oxygen atoms in total. The van der Waals surface area contributed by atoms with E-state index in [1.165, 1.54) is 40.2 Å². The molecule has 2 amide bonds. The lowest BCUT2D eigenvalue weighted by Crippen LogP contribution is -2.39. The number of rotatable bonds is 11. The van der Waals surface area contributed by atoms with Gasteiger partial charge in [-0.05, 0) is 80.1 Å². The van der Waals surface area contributed by atoms with E-state index in [-0.39, 0.29) is 39.8 Å². The van der Waals surface area contributed by atoms with Crippen LogP contribution in [0.5, 0.6) is 5.75 Å². The minimum Gasteiger partial charge on any atom is -0.508 e. The van der Waals surface area contributed by atoms with E-state index in [0.29, 0.717) is 47.0 Å². The summed E-state index contributed by atoms with van der Waals surface area (Å²) >= 11 is 1.17. The average Bonchev–Trinajstić information content (AvgIpc) is 3.40. The van der Waals surface area contributed by atoms with E-state index >= 15 is 0 Å². The molecule has 0 bridgehead atoms. The summed E-state index contributed by atoms with van der Waals surface area (Å²) < 4.78 is 37.4. The number of fused-ring (bicyclic) bond motifs is 1. The van der Waals surface area contributed by atoms with Crippen LogP contribution in [0.3, 0.4) is 0 Å². The number of anilines is 1. The van der Waals surface area contributed by atoms with Crippen LogP contribution in [0.2, 0.25) is 0 Å². The zero-order chi connectivity index (χ0) is 33.8. The van der Waals surface area contributed by atoms with Gasteiger partial charge in [0.15, 0.2) is 0 Å². The third kappa shape index (κ3) is 6.97. The maximum atomic E-state index is 15.0. The van der Waals surface area contributed by atoms with E-state index in [4.69, 9.17) is 4.74 Å². The number of benzene rings is 3. The number of methoxy groups -OCH3 is 1. The lowest BCUT2D eigenvalue weighted by Gasteiger charge is -2.18. The van der Waals surface area contributed by atoms with Gasteiger partial charge in [-0.15, -0.1) is 11.3 Å². The predicted octanol–water partition coefficient (Wildman–Crippen LogP) is 5.44. The number of halogens is 2. The summed E-state index contributed by atoms with van der Waals surface area (Å²) in [5, 5.41) is 15.8. The molecule has 0 aliphatic carbocycles. The van der Waals surface area contributed by atoms with Crippen molar-refractivity contribution >= 4 is 33.3 Å². The number of hydrogen-bond acceptors (Lipinski definition) is 7. The first-order valence-corrected chi connectivity index (χ1v) is 15.7. The molecule has 0 radical (unpaired) electrons. The summed E-state index contributed by atoms with van der Waals surface area (Å²) in [7, 11) is 3.47. The Morgan fingerprint density at radius 1 is 1.04 bits per heavy atom. The topological polar surface area (TPSA) is 118 Å². The van der Waals surface area contributed by atoms with Crippen LogP contribution in [0.4, 0.5) is 19.3 Å². The summed E-state index contributed by atoms with van der Waals surface area (Å²) in [4.78, 5) is 43.6. The quantitative estimate of drug-likeness (QED) is 0.173. The molecule has 3 aromatic carbocycles. The number of aromatic nitrogens is 2. The Bertz CT molecular complexity index is 2040. The fraction of sp³-hybridized carbons (Fsp3) is 0.265. The highest BCUT2D eigenvalue weighted by Crippen LogP contribution is 2.38. The van der Waals surface area contributed by atoms with E-state index in [2.05, 4.69) is 10.6 Å². The van der Waals surface area contributed by atoms with Crippen molar-refractivity contribution in [3.63, 3.8) is 0 Å². The van der Waals surface area contributed by atoms with Crippen molar-refractivity contribution in [2.24, 2.45) is 0 Å². The fourth-order valence-corrected chi connectivity index (χ4v) is 6.58. The highest BCUT2D eigenvalue weighted by molar-refractivity contribution is 7.22. The number of thiophene rings is 1. The number of aromatic hydroxyl groups is 1. The molecule has 5 rings (SSSR count). The van der Waals surface area contributed by atoms with Crippen molar-refractivity contribution in [3.8, 4) is 21.9 Å². The number of amides is 2. The molecule has 0 aliphatic rings. The standard InChI is InChI=1S/C34H35F2N5O5S/c1-5-37-33(44)38-22-11-9-21(10-12-22)30-25(18-39(3)15-16-46-4)29-31(43)41(23-13-14-28(42)20(2)17-23)34(45)40(32(29)47-30)19-24-26(35)7-6-8-27(24)36/h6-14,17,42H,5,15-16,18-19H2,1-4H3,(H2,37,38,44). The predicted molar refractivity (Wildman–Crippen MR) is 180 cm³/mol. The van der Waals surface area contributed by atoms with Crippen LogP contribution in [-0.4, -0.2) is 59.0 Å². The van der Waals surface area contributed by atoms with Crippen molar-refractivity contribution in [2.75, 3.05) is 39.2 Å². The Morgan fingerprint density at radius 3 is 2.38 bits per heavy atom. The SMILES string of the molecule is CCNC(=O)Nc1ccc(-c2sc3c(c2CN(C)CCOC)c(=O)n(-c2ccc(O)c(C)c2)c(=O)n3Cc2c(F)cccc2F)cc1. The molecule has 47 heavy (non-hydrogen) atoms. The monoisotopic (exact) mass is 663 g/mol. The average molecular weight is 664 g/mol. The first-order valence-electron chi connectivity index (χ1n) is 14.9. The summed E-state index contributed by atoms with van der Waals surface area (Å²) in [5.41, 5.74) is 0.806. The number of carbonyl (C=O) groups is 1. The normalized spacial score (nSPS) is 11.4. The minimum absolute atomic E-state index is 0.0139. The van der Waals surface area contributed by atoms with Gasteiger partial charge in [-0.3, -0.25) is 14.3 Å². The summed E-state index contributed by atoms with van der Waals surface area (Å²) in [6, 6.07) is 14.5. The van der Waals surface area contributed by atoms with Gasteiger partial charge in [0.05, 0.1) is 24.2 Å². The molecule has 246 valence electrons. The molecular formula is C34H35F2N5O5S. The molecule has 5 aromatic rings. The second kappa shape index (κ2) is 14.3. The maximum absolute atomic E-state index is 15.0. The van der Waals surface area contributed by atoms with Gasteiger partial charge in [-0.2, -0.15) is 0 Å². The van der Waals surface area contributed by atoms with Crippen molar-refractivity contribution in [2.45, 2.75) is 26.9 Å². The van der Waals surface area contributed by atoms with Gasteiger partial charge in [-0.25, -0.2) is 22.9 Å². The molecular weight excluding hydrogens is 628 g/mol. The second-order valence-corrected chi connectivity index (χ2v) is 12.1. The molecule has 0 unspecified atom stereocenters. The van der Waals surface area contributed by atoms with Gasteiger partial charge in [-0.1, -0.05) is 18.2 Å². The van der Waals surface area contributed by atoms with E-state index in [1.54, 1.807) is 38.3 Å². The number of phenols is 1. The van der Waals surface area contributed by atoms with Crippen LogP contribution >= 0.6 is 11.3 Å². The number of ether oxygens (including phenoxy) is 1. The molecule has 13 heteroatoms. The first-order chi connectivity index (χ1) is 22.5. The molecule has 0 saturated carbocycles. The van der Waals surface area contributed by atoms with Gasteiger partial charge in [0, 0.05) is 42.9 Å². The number of phenolic OH excluding ortho intramolecular Hbond substituents is 1. The Hall–Kier alpha value is -4.85. The van der Waals surface area contributed by atoms with Gasteiger partial charge in [0.1, 0.15) is 22.2 Å². The highest BCUT2D eigenvalue weighted by Gasteiger charge is 2.26. The number of likely N-dealkylation sites (N-methyl/N-ethyl adjacent to an activating group) is 1. The number of carbonyl (C=O) groups excluding carboxylic acids is 1. The molecule has 3 N–H and O–H groups in total. The number of aryl methyl sites for hydroxylation is 1. The van der Waals surface area contributed by atoms with E-state index in [1.807, 2.05) is 18.9 Å². The lowest BCUT2D eigenvalue weighted by atomic mass is 10.1. The van der Waals surface area contributed by atoms with Crippen LogP contribution in [0, 0.1) is 18.6 Å². The molecule has 2 aromatic heterocycles. The Morgan fingerprint density at radius 2 is 1.74 bits per heavy atom. The molecule has 2 heterocycles. The zero-order valence-electron chi connectivity index (χ0n) is 26.4. The second-order valence-electron chi connectivity index (χ2n) is 11.1. The molecule has 0 atom stereocenters. The van der Waals surface area contributed by atoms with Crippen molar-refractivity contribution in [1.29, 1.82) is 0 Å². The largest absolute Gasteiger partial charge is 0.508 e. The Balaban J connectivity index is 1.80. The van der Waals surface area contributed by atoms with E-state index < -0.39 is 29.4 Å². The molecule has 0 fully saturated rings. The third-order valence-corrected chi connectivity index (χ3v) is 9.04. The van der Waals surface area contributed by atoms with Crippen LogP contribution < -0.4 is 21.9 Å². The Labute approximate surface area is 273 Å². The van der Waals surface area contributed by atoms with Crippen molar-refractivity contribution < 1.29 is 23.4 Å². The molecule has 0 spiro atoms. The number of hydrogen-bond donors (Lipinski definition) is 3. The van der Waals surface area contributed by atoms with Crippen molar-refractivity contribution in [3.05, 3.63) is 110 Å². The van der Waals surface area contributed by atoms with Gasteiger partial charge in [0.25, 0.3) is 5.56 Å². The summed E-state index contributed by atoms with van der Waals surface area (Å²) in [5.74, 6) is -1.66. The fourth-order valence-electron chi connectivity index (χ4n) is 5.28. The smallest absolute Gasteiger partial charge is 0.337 e. The van der Waals surface area contributed by atoms with Gasteiger partial charge in [0.2, 0.25) is 0 Å². The summed E-state index contributed by atoms with van der Waals surface area (Å²) in [6.07, 6.45) is 0. The van der Waals surface area contributed by atoms with Gasteiger partial charge < -0.3 is 20.5 Å². The van der Waals surface area contributed by atoms with Crippen molar-refractivity contribution in [1.82, 2.24) is 19.4 Å². The first kappa shape index (κ1) is 33.5. The van der Waals surface area contributed by atoms with Crippen LogP contribution in [0.25, 0.3) is 26.3 Å². The van der Waals surface area contributed by atoms with Crippen LogP contribution in [0.1, 0.15) is 23.6 Å². The van der Waals surface area contributed by atoms with Gasteiger partial charge >= 0.3 is 11.7 Å². The zero-order valence-corrected chi connectivity index (χ0v) is 27.2. The Kier molecular flexibility index (Phi) is 10.2. The van der Waals surface area contributed by atoms with Crippen LogP contribution in [-0.2, 0) is 17.8 Å². The minimum atomic E-state index is -0.824. The molecule has 0 aliphatic heterocycles. The van der Waals surface area contributed by atoms with E-state index in [9.17, 15) is 28.3 Å². The number of urea groups is 1. The highest BCUT2D eigenvalue weighted by atomic mass is 32.1.